The van der Waals surface area contributed by atoms with Crippen LogP contribution < -0.4 is 4.73 Å². The SMILES string of the molecule is CC(C)CC(CC(=O)N1CCOCC1)C(=O)N1CCC2C1C(=O)CN2S(=O)(=O)c1ccc[n+]([O-])c1. The number of carbonyl (C=O) groups excluding carboxylic acids is 3. The van der Waals surface area contributed by atoms with Crippen LogP contribution in [0.25, 0.3) is 0 Å². The van der Waals surface area contributed by atoms with Crippen LogP contribution in [-0.4, -0.2) is 91.6 Å². The van der Waals surface area contributed by atoms with Crippen LogP contribution in [0.4, 0.5) is 0 Å². The lowest BCUT2D eigenvalue weighted by molar-refractivity contribution is -0.607. The number of aromatic nitrogens is 1. The number of carbonyl (C=O) groups is 3. The Hall–Kier alpha value is -2.57. The molecule has 0 aliphatic carbocycles. The van der Waals surface area contributed by atoms with Gasteiger partial charge in [-0.25, -0.2) is 8.42 Å². The zero-order valence-corrected chi connectivity index (χ0v) is 20.9. The van der Waals surface area contributed by atoms with Crippen LogP contribution in [0.15, 0.2) is 29.4 Å². The smallest absolute Gasteiger partial charge is 0.249 e. The van der Waals surface area contributed by atoms with E-state index in [0.717, 1.165) is 10.5 Å². The average molecular weight is 509 g/mol. The average Bonchev–Trinajstić information content (AvgIpc) is 3.40. The highest BCUT2D eigenvalue weighted by Crippen LogP contribution is 2.35. The second-order valence-electron chi connectivity index (χ2n) is 9.77. The molecule has 1 aromatic heterocycles. The van der Waals surface area contributed by atoms with Gasteiger partial charge >= 0.3 is 0 Å². The van der Waals surface area contributed by atoms with E-state index in [2.05, 4.69) is 0 Å². The Morgan fingerprint density at radius 2 is 1.94 bits per heavy atom. The minimum atomic E-state index is -4.09. The van der Waals surface area contributed by atoms with Crippen molar-refractivity contribution in [2.24, 2.45) is 11.8 Å². The molecular formula is C23H32N4O7S. The van der Waals surface area contributed by atoms with E-state index in [-0.39, 0.29) is 47.9 Å². The molecule has 3 unspecified atom stereocenters. The van der Waals surface area contributed by atoms with Gasteiger partial charge in [0.05, 0.1) is 25.8 Å². The first-order valence-electron chi connectivity index (χ1n) is 12.0. The van der Waals surface area contributed by atoms with Crippen molar-refractivity contribution < 1.29 is 32.3 Å². The topological polar surface area (TPSA) is 131 Å². The number of Topliss-reactive ketones (excluding diaryl/α,β-unsaturated/α-hetero) is 1. The van der Waals surface area contributed by atoms with Crippen molar-refractivity contribution in [2.75, 3.05) is 39.4 Å². The maximum Gasteiger partial charge on any atom is 0.249 e. The third kappa shape index (κ3) is 5.19. The second-order valence-corrected chi connectivity index (χ2v) is 11.7. The number of hydrogen-bond donors (Lipinski definition) is 0. The van der Waals surface area contributed by atoms with Crippen molar-refractivity contribution in [3.63, 3.8) is 0 Å². The molecule has 2 amide bonds. The van der Waals surface area contributed by atoms with Crippen LogP contribution in [0.5, 0.6) is 0 Å². The highest BCUT2D eigenvalue weighted by Gasteiger charge is 2.54. The lowest BCUT2D eigenvalue weighted by Crippen LogP contribution is -2.47. The summed E-state index contributed by atoms with van der Waals surface area (Å²) in [5.41, 5.74) is 0. The molecule has 4 rings (SSSR count). The molecule has 3 fully saturated rings. The monoisotopic (exact) mass is 508 g/mol. The van der Waals surface area contributed by atoms with Gasteiger partial charge in [-0.2, -0.15) is 9.04 Å². The number of likely N-dealkylation sites (tertiary alicyclic amines) is 1. The van der Waals surface area contributed by atoms with Gasteiger partial charge in [0.15, 0.2) is 18.2 Å². The molecule has 3 atom stereocenters. The van der Waals surface area contributed by atoms with E-state index in [9.17, 15) is 28.0 Å². The van der Waals surface area contributed by atoms with Crippen LogP contribution in [0.3, 0.4) is 0 Å². The van der Waals surface area contributed by atoms with Gasteiger partial charge in [-0.3, -0.25) is 14.4 Å². The Labute approximate surface area is 205 Å². The van der Waals surface area contributed by atoms with Crippen molar-refractivity contribution >= 4 is 27.6 Å². The molecule has 0 aromatic carbocycles. The predicted molar refractivity (Wildman–Crippen MR) is 123 cm³/mol. The maximum atomic E-state index is 13.6. The molecule has 0 N–H and O–H groups in total. The molecule has 12 heteroatoms. The molecule has 4 heterocycles. The summed E-state index contributed by atoms with van der Waals surface area (Å²) < 4.78 is 33.2. The maximum absolute atomic E-state index is 13.6. The molecule has 11 nitrogen and oxygen atoms in total. The third-order valence-corrected chi connectivity index (χ3v) is 8.76. The fraction of sp³-hybridized carbons (Fsp3) is 0.652. The molecule has 1 aromatic rings. The number of sulfonamides is 1. The number of ketones is 1. The number of amides is 2. The van der Waals surface area contributed by atoms with Crippen molar-refractivity contribution in [1.82, 2.24) is 14.1 Å². The lowest BCUT2D eigenvalue weighted by Gasteiger charge is -2.31. The van der Waals surface area contributed by atoms with Crippen LogP contribution >= 0.6 is 0 Å². The van der Waals surface area contributed by atoms with Gasteiger partial charge in [-0.1, -0.05) is 13.8 Å². The summed E-state index contributed by atoms with van der Waals surface area (Å²) in [5, 5.41) is 11.6. The van der Waals surface area contributed by atoms with Gasteiger partial charge in [-0.15, -0.1) is 0 Å². The molecule has 0 saturated carbocycles. The van der Waals surface area contributed by atoms with Gasteiger partial charge in [0.25, 0.3) is 0 Å². The van der Waals surface area contributed by atoms with Crippen LogP contribution in [0.1, 0.15) is 33.1 Å². The van der Waals surface area contributed by atoms with Crippen molar-refractivity contribution in [3.8, 4) is 0 Å². The number of nitrogens with zero attached hydrogens (tertiary/aromatic N) is 4. The summed E-state index contributed by atoms with van der Waals surface area (Å²) in [7, 11) is -4.09. The van der Waals surface area contributed by atoms with E-state index in [0.29, 0.717) is 43.9 Å². The zero-order valence-electron chi connectivity index (χ0n) is 20.0. The Morgan fingerprint density at radius 1 is 1.23 bits per heavy atom. The molecule has 192 valence electrons. The Morgan fingerprint density at radius 3 is 2.60 bits per heavy atom. The first kappa shape index (κ1) is 25.5. The number of hydrogen-bond acceptors (Lipinski definition) is 7. The highest BCUT2D eigenvalue weighted by atomic mass is 32.2. The summed E-state index contributed by atoms with van der Waals surface area (Å²) in [6.45, 7) is 5.76. The Balaban J connectivity index is 1.52. The van der Waals surface area contributed by atoms with Crippen LogP contribution in [-0.2, 0) is 29.1 Å². The van der Waals surface area contributed by atoms with E-state index in [1.54, 1.807) is 4.90 Å². The first-order chi connectivity index (χ1) is 16.6. The van der Waals surface area contributed by atoms with E-state index in [1.807, 2.05) is 13.8 Å². The van der Waals surface area contributed by atoms with Gasteiger partial charge in [-0.05, 0) is 24.8 Å². The Kier molecular flexibility index (Phi) is 7.43. The molecule has 0 bridgehead atoms. The summed E-state index contributed by atoms with van der Waals surface area (Å²) in [6.07, 6.45) is 3.00. The Bertz CT molecular complexity index is 1090. The molecular weight excluding hydrogens is 476 g/mol. The van der Waals surface area contributed by atoms with Gasteiger partial charge in [0, 0.05) is 38.0 Å². The van der Waals surface area contributed by atoms with Crippen molar-refractivity contribution in [2.45, 2.75) is 50.1 Å². The predicted octanol–water partition coefficient (Wildman–Crippen LogP) is -0.226. The standard InChI is InChI=1S/C23H32N4O7S/c1-16(2)12-17(13-21(29)24-8-10-34-11-9-24)23(30)26-7-5-19-22(26)20(28)15-27(19)35(32,33)18-4-3-6-25(31)14-18/h3-4,6,14,16-17,19,22H,5,7-13,15H2,1-2H3. The molecule has 35 heavy (non-hydrogen) atoms. The molecule has 3 aliphatic rings. The van der Waals surface area contributed by atoms with Gasteiger partial charge in [0.2, 0.25) is 21.8 Å². The number of ether oxygens (including phenoxy) is 1. The zero-order chi connectivity index (χ0) is 25.3. The first-order valence-corrected chi connectivity index (χ1v) is 13.4. The van der Waals surface area contributed by atoms with E-state index >= 15 is 0 Å². The summed E-state index contributed by atoms with van der Waals surface area (Å²) in [4.78, 5) is 42.5. The molecule has 0 radical (unpaired) electrons. The largest absolute Gasteiger partial charge is 0.619 e. The van der Waals surface area contributed by atoms with Crippen molar-refractivity contribution in [1.29, 1.82) is 0 Å². The molecule has 3 saturated heterocycles. The van der Waals surface area contributed by atoms with E-state index in [1.165, 1.54) is 23.2 Å². The van der Waals surface area contributed by atoms with Crippen molar-refractivity contribution in [3.05, 3.63) is 29.7 Å². The van der Waals surface area contributed by atoms with Gasteiger partial charge < -0.3 is 19.7 Å². The van der Waals surface area contributed by atoms with E-state index < -0.39 is 28.0 Å². The second kappa shape index (κ2) is 10.2. The number of rotatable bonds is 7. The van der Waals surface area contributed by atoms with E-state index in [4.69, 9.17) is 4.74 Å². The van der Waals surface area contributed by atoms with Crippen LogP contribution in [0.2, 0.25) is 0 Å². The van der Waals surface area contributed by atoms with Gasteiger partial charge in [0.1, 0.15) is 10.9 Å². The number of pyridine rings is 1. The van der Waals surface area contributed by atoms with Crippen LogP contribution in [0, 0.1) is 17.0 Å². The minimum Gasteiger partial charge on any atom is -0.619 e. The summed E-state index contributed by atoms with van der Waals surface area (Å²) in [5.74, 6) is -1.17. The number of morpholine rings is 1. The molecule has 0 spiro atoms. The summed E-state index contributed by atoms with van der Waals surface area (Å²) in [6, 6.07) is 1.08. The molecule has 3 aliphatic heterocycles. The normalized spacial score (nSPS) is 24.1. The fourth-order valence-corrected chi connectivity index (χ4v) is 6.92. The summed E-state index contributed by atoms with van der Waals surface area (Å²) >= 11 is 0. The lowest BCUT2D eigenvalue weighted by atomic mass is 9.91. The quantitative estimate of drug-likeness (QED) is 0.367. The third-order valence-electron chi connectivity index (χ3n) is 6.91. The minimum absolute atomic E-state index is 0.0502. The number of fused-ring (bicyclic) bond motifs is 1. The highest BCUT2D eigenvalue weighted by molar-refractivity contribution is 7.89. The fourth-order valence-electron chi connectivity index (χ4n) is 5.29.